The van der Waals surface area contributed by atoms with Crippen molar-refractivity contribution in [3.8, 4) is 0 Å². The minimum Gasteiger partial charge on any atom is -0.330 e. The van der Waals surface area contributed by atoms with Gasteiger partial charge < -0.3 is 11.1 Å². The van der Waals surface area contributed by atoms with Crippen LogP contribution < -0.4 is 11.1 Å². The van der Waals surface area contributed by atoms with Gasteiger partial charge in [-0.05, 0) is 48.9 Å². The van der Waals surface area contributed by atoms with Crippen LogP contribution in [0.1, 0.15) is 57.7 Å². The Hall–Kier alpha value is -0.860. The van der Waals surface area contributed by atoms with Crippen molar-refractivity contribution in [2.45, 2.75) is 46.6 Å². The minimum absolute atomic E-state index is 0.383. The average molecular weight is 262 g/mol. The summed E-state index contributed by atoms with van der Waals surface area (Å²) >= 11 is 0. The third-order valence-corrected chi connectivity index (χ3v) is 4.03. The van der Waals surface area contributed by atoms with Gasteiger partial charge in [-0.25, -0.2) is 0 Å². The maximum atomic E-state index is 5.81. The SMILES string of the molecule is CC(C)c1ccc(C(C)NCC(CN)C(C)C)cc1. The molecule has 0 bridgehead atoms. The molecule has 0 aliphatic carbocycles. The molecule has 2 nitrogen and oxygen atoms in total. The van der Waals surface area contributed by atoms with E-state index in [1.165, 1.54) is 11.1 Å². The van der Waals surface area contributed by atoms with Crippen LogP contribution in [0, 0.1) is 11.8 Å². The van der Waals surface area contributed by atoms with Crippen LogP contribution in [0.2, 0.25) is 0 Å². The lowest BCUT2D eigenvalue weighted by Crippen LogP contribution is -2.33. The lowest BCUT2D eigenvalue weighted by Gasteiger charge is -2.23. The predicted molar refractivity (Wildman–Crippen MR) is 84.3 cm³/mol. The predicted octanol–water partition coefficient (Wildman–Crippen LogP) is 3.69. The molecule has 0 aliphatic heterocycles. The van der Waals surface area contributed by atoms with Gasteiger partial charge in [0.25, 0.3) is 0 Å². The molecule has 2 heteroatoms. The molecule has 0 aromatic heterocycles. The van der Waals surface area contributed by atoms with E-state index >= 15 is 0 Å². The van der Waals surface area contributed by atoms with E-state index in [2.05, 4.69) is 64.2 Å². The Balaban J connectivity index is 2.55. The Morgan fingerprint density at radius 2 is 1.47 bits per heavy atom. The quantitative estimate of drug-likeness (QED) is 0.786. The fourth-order valence-corrected chi connectivity index (χ4v) is 2.21. The van der Waals surface area contributed by atoms with E-state index in [9.17, 15) is 0 Å². The fourth-order valence-electron chi connectivity index (χ4n) is 2.21. The molecule has 2 unspecified atom stereocenters. The van der Waals surface area contributed by atoms with E-state index in [0.717, 1.165) is 13.1 Å². The second-order valence-corrected chi connectivity index (χ2v) is 6.19. The summed E-state index contributed by atoms with van der Waals surface area (Å²) in [5.41, 5.74) is 8.56. The summed E-state index contributed by atoms with van der Waals surface area (Å²) in [5.74, 6) is 1.78. The smallest absolute Gasteiger partial charge is 0.0291 e. The van der Waals surface area contributed by atoms with E-state index in [-0.39, 0.29) is 0 Å². The average Bonchev–Trinajstić information content (AvgIpc) is 2.38. The molecule has 0 amide bonds. The molecule has 1 aromatic rings. The number of benzene rings is 1. The molecule has 0 aliphatic rings. The molecule has 3 N–H and O–H groups in total. The summed E-state index contributed by atoms with van der Waals surface area (Å²) in [6, 6.07) is 9.33. The first-order valence-corrected chi connectivity index (χ1v) is 7.49. The summed E-state index contributed by atoms with van der Waals surface area (Å²) in [4.78, 5) is 0. The van der Waals surface area contributed by atoms with Crippen LogP contribution in [0.4, 0.5) is 0 Å². The molecule has 108 valence electrons. The van der Waals surface area contributed by atoms with Gasteiger partial charge in [0, 0.05) is 6.04 Å². The summed E-state index contributed by atoms with van der Waals surface area (Å²) in [6.07, 6.45) is 0. The number of nitrogens with two attached hydrogens (primary N) is 1. The Morgan fingerprint density at radius 1 is 0.947 bits per heavy atom. The zero-order valence-corrected chi connectivity index (χ0v) is 13.1. The second kappa shape index (κ2) is 7.66. The molecule has 0 spiro atoms. The first-order valence-electron chi connectivity index (χ1n) is 7.49. The van der Waals surface area contributed by atoms with Crippen LogP contribution in [-0.4, -0.2) is 13.1 Å². The van der Waals surface area contributed by atoms with Crippen molar-refractivity contribution in [1.82, 2.24) is 5.32 Å². The van der Waals surface area contributed by atoms with Gasteiger partial charge in [-0.2, -0.15) is 0 Å². The lowest BCUT2D eigenvalue weighted by molar-refractivity contribution is 0.356. The standard InChI is InChI=1S/C17H30N2/c1-12(2)15-6-8-16(9-7-15)14(5)19-11-17(10-18)13(3)4/h6-9,12-14,17,19H,10-11,18H2,1-5H3. The van der Waals surface area contributed by atoms with Crippen molar-refractivity contribution >= 4 is 0 Å². The van der Waals surface area contributed by atoms with Gasteiger partial charge in [-0.3, -0.25) is 0 Å². The van der Waals surface area contributed by atoms with Gasteiger partial charge in [0.2, 0.25) is 0 Å². The van der Waals surface area contributed by atoms with Gasteiger partial charge >= 0.3 is 0 Å². The summed E-state index contributed by atoms with van der Waals surface area (Å²) in [5, 5.41) is 3.60. The van der Waals surface area contributed by atoms with Crippen LogP contribution in [0.25, 0.3) is 0 Å². The molecular formula is C17H30N2. The Morgan fingerprint density at radius 3 is 1.89 bits per heavy atom. The van der Waals surface area contributed by atoms with Crippen LogP contribution in [0.15, 0.2) is 24.3 Å². The molecule has 0 fully saturated rings. The van der Waals surface area contributed by atoms with Crippen molar-refractivity contribution < 1.29 is 0 Å². The largest absolute Gasteiger partial charge is 0.330 e. The van der Waals surface area contributed by atoms with Crippen LogP contribution in [0.3, 0.4) is 0 Å². The Labute approximate surface area is 118 Å². The normalized spacial score (nSPS) is 14.9. The number of hydrogen-bond acceptors (Lipinski definition) is 2. The van der Waals surface area contributed by atoms with E-state index in [4.69, 9.17) is 5.73 Å². The highest BCUT2D eigenvalue weighted by Crippen LogP contribution is 2.19. The zero-order valence-electron chi connectivity index (χ0n) is 13.1. The first kappa shape index (κ1) is 16.2. The second-order valence-electron chi connectivity index (χ2n) is 6.19. The van der Waals surface area contributed by atoms with Gasteiger partial charge in [0.15, 0.2) is 0 Å². The van der Waals surface area contributed by atoms with Crippen LogP contribution >= 0.6 is 0 Å². The Kier molecular flexibility index (Phi) is 6.53. The third-order valence-electron chi connectivity index (χ3n) is 4.03. The van der Waals surface area contributed by atoms with Gasteiger partial charge in [0.1, 0.15) is 0 Å². The van der Waals surface area contributed by atoms with Crippen molar-refractivity contribution in [1.29, 1.82) is 0 Å². The van der Waals surface area contributed by atoms with E-state index in [0.29, 0.717) is 23.8 Å². The van der Waals surface area contributed by atoms with Crippen molar-refractivity contribution in [2.24, 2.45) is 17.6 Å². The highest BCUT2D eigenvalue weighted by molar-refractivity contribution is 5.26. The van der Waals surface area contributed by atoms with Crippen LogP contribution in [0.5, 0.6) is 0 Å². The number of hydrogen-bond donors (Lipinski definition) is 2. The Bertz CT molecular complexity index is 354. The maximum Gasteiger partial charge on any atom is 0.0291 e. The van der Waals surface area contributed by atoms with Crippen molar-refractivity contribution in [2.75, 3.05) is 13.1 Å². The summed E-state index contributed by atoms with van der Waals surface area (Å²) in [6.45, 7) is 12.9. The molecule has 19 heavy (non-hydrogen) atoms. The zero-order chi connectivity index (χ0) is 14.4. The third kappa shape index (κ3) is 4.96. The van der Waals surface area contributed by atoms with E-state index < -0.39 is 0 Å². The summed E-state index contributed by atoms with van der Waals surface area (Å²) < 4.78 is 0. The van der Waals surface area contributed by atoms with Crippen molar-refractivity contribution in [3.05, 3.63) is 35.4 Å². The fraction of sp³-hybridized carbons (Fsp3) is 0.647. The molecule has 0 heterocycles. The topological polar surface area (TPSA) is 38.0 Å². The first-order chi connectivity index (χ1) is 8.95. The van der Waals surface area contributed by atoms with Gasteiger partial charge in [-0.1, -0.05) is 52.0 Å². The summed E-state index contributed by atoms with van der Waals surface area (Å²) in [7, 11) is 0. The molecule has 1 rings (SSSR count). The van der Waals surface area contributed by atoms with Gasteiger partial charge in [0.05, 0.1) is 0 Å². The molecule has 0 saturated heterocycles. The molecule has 2 atom stereocenters. The van der Waals surface area contributed by atoms with Crippen molar-refractivity contribution in [3.63, 3.8) is 0 Å². The minimum atomic E-state index is 0.383. The monoisotopic (exact) mass is 262 g/mol. The highest BCUT2D eigenvalue weighted by atomic mass is 14.9. The maximum absolute atomic E-state index is 5.81. The van der Waals surface area contributed by atoms with Gasteiger partial charge in [-0.15, -0.1) is 0 Å². The van der Waals surface area contributed by atoms with E-state index in [1.807, 2.05) is 0 Å². The molecule has 0 radical (unpaired) electrons. The molecular weight excluding hydrogens is 232 g/mol. The molecule has 1 aromatic carbocycles. The molecule has 0 saturated carbocycles. The van der Waals surface area contributed by atoms with Crippen LogP contribution in [-0.2, 0) is 0 Å². The lowest BCUT2D eigenvalue weighted by atomic mass is 9.95. The highest BCUT2D eigenvalue weighted by Gasteiger charge is 2.13. The van der Waals surface area contributed by atoms with E-state index in [1.54, 1.807) is 0 Å². The number of rotatable bonds is 7. The number of nitrogens with one attached hydrogen (secondary N) is 1.